The quantitative estimate of drug-likeness (QED) is 0.299. The lowest BCUT2D eigenvalue weighted by molar-refractivity contribution is 0.582. The van der Waals surface area contributed by atoms with E-state index < -0.39 is 17.2 Å². The number of imidazole rings is 1. The number of halogens is 5. The average Bonchev–Trinajstić information content (AvgIpc) is 3.13. The van der Waals surface area contributed by atoms with Gasteiger partial charge in [-0.1, -0.05) is 34.8 Å². The molecule has 0 aliphatic rings. The van der Waals surface area contributed by atoms with E-state index in [4.69, 9.17) is 34.8 Å². The topological polar surface area (TPSA) is 63.6 Å². The van der Waals surface area contributed by atoms with Crippen molar-refractivity contribution in [3.05, 3.63) is 97.7 Å². The van der Waals surface area contributed by atoms with Crippen LogP contribution in [0.3, 0.4) is 0 Å². The summed E-state index contributed by atoms with van der Waals surface area (Å²) in [5, 5.41) is 1.18. The SMILES string of the molecule is O=c1[nH]c(-c2ccc(Cl)cc2Cl)nc2c1nc(-c1ccc(Cl)cc1)n2-c1cc(F)cc(F)c1. The van der Waals surface area contributed by atoms with E-state index in [-0.39, 0.29) is 33.5 Å². The summed E-state index contributed by atoms with van der Waals surface area (Å²) >= 11 is 18.3. The molecule has 0 fully saturated rings. The van der Waals surface area contributed by atoms with Crippen LogP contribution >= 0.6 is 34.8 Å². The number of benzene rings is 3. The summed E-state index contributed by atoms with van der Waals surface area (Å²) in [5.74, 6) is -1.18. The van der Waals surface area contributed by atoms with Gasteiger partial charge in [0, 0.05) is 27.2 Å². The van der Waals surface area contributed by atoms with E-state index in [1.807, 2.05) is 0 Å². The van der Waals surface area contributed by atoms with E-state index in [9.17, 15) is 13.6 Å². The van der Waals surface area contributed by atoms with Crippen molar-refractivity contribution >= 4 is 46.0 Å². The normalized spacial score (nSPS) is 11.3. The van der Waals surface area contributed by atoms with Gasteiger partial charge in [0.25, 0.3) is 5.56 Å². The fourth-order valence-electron chi connectivity index (χ4n) is 3.48. The van der Waals surface area contributed by atoms with Crippen molar-refractivity contribution in [2.24, 2.45) is 0 Å². The van der Waals surface area contributed by atoms with Crippen molar-refractivity contribution in [2.45, 2.75) is 0 Å². The first-order valence-corrected chi connectivity index (χ1v) is 10.6. The minimum absolute atomic E-state index is 0.0153. The second-order valence-corrected chi connectivity index (χ2v) is 8.40. The number of hydrogen-bond donors (Lipinski definition) is 1. The zero-order valence-corrected chi connectivity index (χ0v) is 18.7. The zero-order valence-electron chi connectivity index (χ0n) is 16.4. The number of hydrogen-bond acceptors (Lipinski definition) is 3. The third-order valence-corrected chi connectivity index (χ3v) is 5.71. The summed E-state index contributed by atoms with van der Waals surface area (Å²) in [6.45, 7) is 0. The molecule has 0 unspecified atom stereocenters. The Labute approximate surface area is 200 Å². The molecule has 0 amide bonds. The molecule has 0 aliphatic carbocycles. The van der Waals surface area contributed by atoms with Gasteiger partial charge in [-0.15, -0.1) is 0 Å². The van der Waals surface area contributed by atoms with Crippen LogP contribution in [0.15, 0.2) is 65.5 Å². The van der Waals surface area contributed by atoms with Crippen molar-refractivity contribution in [3.63, 3.8) is 0 Å². The molecule has 33 heavy (non-hydrogen) atoms. The van der Waals surface area contributed by atoms with Crippen LogP contribution in [0, 0.1) is 11.6 Å². The molecule has 5 aromatic rings. The first kappa shape index (κ1) is 21.6. The van der Waals surface area contributed by atoms with Crippen molar-refractivity contribution in [1.29, 1.82) is 0 Å². The Morgan fingerprint density at radius 1 is 0.818 bits per heavy atom. The van der Waals surface area contributed by atoms with Crippen LogP contribution in [0.25, 0.3) is 39.6 Å². The minimum atomic E-state index is -0.792. The Morgan fingerprint density at radius 3 is 2.15 bits per heavy atom. The van der Waals surface area contributed by atoms with Crippen LogP contribution in [0.5, 0.6) is 0 Å². The molecule has 2 heterocycles. The van der Waals surface area contributed by atoms with Crippen LogP contribution in [0.4, 0.5) is 8.78 Å². The molecular weight excluding hydrogens is 493 g/mol. The minimum Gasteiger partial charge on any atom is -0.304 e. The fourth-order valence-corrected chi connectivity index (χ4v) is 4.11. The van der Waals surface area contributed by atoms with Crippen LogP contribution in [0.2, 0.25) is 15.1 Å². The van der Waals surface area contributed by atoms with Crippen LogP contribution in [0.1, 0.15) is 0 Å². The molecule has 0 saturated heterocycles. The summed E-state index contributed by atoms with van der Waals surface area (Å²) in [6, 6.07) is 14.4. The molecule has 5 rings (SSSR count). The Morgan fingerprint density at radius 2 is 1.48 bits per heavy atom. The Kier molecular flexibility index (Phi) is 5.40. The van der Waals surface area contributed by atoms with Crippen molar-refractivity contribution in [1.82, 2.24) is 19.5 Å². The lowest BCUT2D eigenvalue weighted by Crippen LogP contribution is -2.11. The van der Waals surface area contributed by atoms with Crippen LogP contribution in [-0.2, 0) is 0 Å². The Bertz CT molecular complexity index is 1580. The van der Waals surface area contributed by atoms with Gasteiger partial charge in [0.2, 0.25) is 0 Å². The predicted octanol–water partition coefficient (Wildman–Crippen LogP) is 6.68. The molecule has 0 atom stereocenters. The molecule has 2 aromatic heterocycles. The van der Waals surface area contributed by atoms with Gasteiger partial charge in [-0.2, -0.15) is 0 Å². The van der Waals surface area contributed by atoms with Gasteiger partial charge in [-0.25, -0.2) is 18.7 Å². The maximum absolute atomic E-state index is 14.1. The number of H-pyrrole nitrogens is 1. The molecule has 10 heteroatoms. The lowest BCUT2D eigenvalue weighted by atomic mass is 10.2. The summed E-state index contributed by atoms with van der Waals surface area (Å²) in [4.78, 5) is 24.6. The highest BCUT2D eigenvalue weighted by Crippen LogP contribution is 2.31. The second kappa shape index (κ2) is 8.26. The molecule has 0 aliphatic heterocycles. The molecule has 3 aromatic carbocycles. The highest BCUT2D eigenvalue weighted by molar-refractivity contribution is 6.36. The van der Waals surface area contributed by atoms with E-state index in [0.29, 0.717) is 21.2 Å². The van der Waals surface area contributed by atoms with E-state index in [1.54, 1.807) is 36.4 Å². The Hall–Kier alpha value is -3.26. The van der Waals surface area contributed by atoms with Crippen molar-refractivity contribution in [3.8, 4) is 28.5 Å². The number of nitrogens with zero attached hydrogens (tertiary/aromatic N) is 3. The molecule has 0 bridgehead atoms. The van der Waals surface area contributed by atoms with Crippen molar-refractivity contribution in [2.75, 3.05) is 0 Å². The lowest BCUT2D eigenvalue weighted by Gasteiger charge is -2.10. The first-order valence-electron chi connectivity index (χ1n) is 9.51. The molecule has 0 saturated carbocycles. The van der Waals surface area contributed by atoms with Gasteiger partial charge in [0.1, 0.15) is 23.3 Å². The highest BCUT2D eigenvalue weighted by Gasteiger charge is 2.21. The molecule has 5 nitrogen and oxygen atoms in total. The maximum Gasteiger partial charge on any atom is 0.279 e. The highest BCUT2D eigenvalue weighted by atomic mass is 35.5. The van der Waals surface area contributed by atoms with Gasteiger partial charge >= 0.3 is 0 Å². The summed E-state index contributed by atoms with van der Waals surface area (Å²) < 4.78 is 29.6. The van der Waals surface area contributed by atoms with Crippen LogP contribution < -0.4 is 5.56 Å². The zero-order chi connectivity index (χ0) is 23.3. The number of aromatic nitrogens is 4. The van der Waals surface area contributed by atoms with Gasteiger partial charge in [0.05, 0.1) is 10.7 Å². The molecule has 0 spiro atoms. The van der Waals surface area contributed by atoms with E-state index in [1.165, 1.54) is 10.6 Å². The largest absolute Gasteiger partial charge is 0.304 e. The standard InChI is InChI=1S/C23H11Cl3F2N4O/c24-12-3-1-11(2-4-12)21-29-19-22(32(21)16-9-14(27)8-15(28)10-16)30-20(31-23(19)33)17-6-5-13(25)7-18(17)26/h1-10H,(H,30,31,33). The number of aromatic amines is 1. The number of fused-ring (bicyclic) bond motifs is 1. The van der Waals surface area contributed by atoms with E-state index in [2.05, 4.69) is 15.0 Å². The monoisotopic (exact) mass is 502 g/mol. The van der Waals surface area contributed by atoms with E-state index >= 15 is 0 Å². The summed E-state index contributed by atoms with van der Waals surface area (Å²) in [6.07, 6.45) is 0. The first-order chi connectivity index (χ1) is 15.8. The van der Waals surface area contributed by atoms with Gasteiger partial charge < -0.3 is 4.98 Å². The predicted molar refractivity (Wildman–Crippen MR) is 125 cm³/mol. The second-order valence-electron chi connectivity index (χ2n) is 7.12. The van der Waals surface area contributed by atoms with Crippen molar-refractivity contribution < 1.29 is 8.78 Å². The smallest absolute Gasteiger partial charge is 0.279 e. The third-order valence-electron chi connectivity index (χ3n) is 4.91. The summed E-state index contributed by atoms with van der Waals surface area (Å²) in [7, 11) is 0. The molecular formula is C23H11Cl3F2N4O. The Balaban J connectivity index is 1.86. The fraction of sp³-hybridized carbons (Fsp3) is 0. The van der Waals surface area contributed by atoms with Gasteiger partial charge in [-0.05, 0) is 54.6 Å². The molecule has 0 radical (unpaired) electrons. The average molecular weight is 504 g/mol. The number of rotatable bonds is 3. The van der Waals surface area contributed by atoms with Gasteiger partial charge in [0.15, 0.2) is 11.2 Å². The molecule has 164 valence electrons. The maximum atomic E-state index is 14.1. The third kappa shape index (κ3) is 3.99. The van der Waals surface area contributed by atoms with Gasteiger partial charge in [-0.3, -0.25) is 9.36 Å². The molecule has 1 N–H and O–H groups in total. The number of nitrogens with one attached hydrogen (secondary N) is 1. The van der Waals surface area contributed by atoms with Crippen LogP contribution in [-0.4, -0.2) is 19.5 Å². The van der Waals surface area contributed by atoms with E-state index in [0.717, 1.165) is 18.2 Å². The summed E-state index contributed by atoms with van der Waals surface area (Å²) in [5.41, 5.74) is 0.616.